The predicted molar refractivity (Wildman–Crippen MR) is 80.4 cm³/mol. The highest BCUT2D eigenvalue weighted by atomic mass is 79.9. The number of hydrogen-bond donors (Lipinski definition) is 2. The quantitative estimate of drug-likeness (QED) is 0.625. The Labute approximate surface area is 130 Å². The molecule has 0 bridgehead atoms. The van der Waals surface area contributed by atoms with Crippen LogP contribution < -0.4 is 11.1 Å². The summed E-state index contributed by atoms with van der Waals surface area (Å²) in [4.78, 5) is 26.1. The lowest BCUT2D eigenvalue weighted by molar-refractivity contribution is -0.134. The average molecular weight is 354 g/mol. The molecule has 21 heavy (non-hydrogen) atoms. The lowest BCUT2D eigenvalue weighted by atomic mass is 9.90. The Bertz CT molecular complexity index is 599. The Morgan fingerprint density at radius 1 is 1.33 bits per heavy atom. The van der Waals surface area contributed by atoms with Gasteiger partial charge in [-0.3, -0.25) is 9.69 Å². The molecule has 3 rings (SSSR count). The lowest BCUT2D eigenvalue weighted by Gasteiger charge is -2.30. The van der Waals surface area contributed by atoms with Crippen molar-refractivity contribution in [2.24, 2.45) is 0 Å². The molecule has 3 amide bonds. The molecule has 7 heteroatoms. The van der Waals surface area contributed by atoms with E-state index in [1.807, 2.05) is 6.07 Å². The zero-order valence-electron chi connectivity index (χ0n) is 11.4. The third-order valence-corrected chi connectivity index (χ3v) is 5.00. The number of halogens is 1. The van der Waals surface area contributed by atoms with Crippen LogP contribution >= 0.6 is 15.9 Å². The number of urea groups is 1. The normalized spacial score (nSPS) is 20.9. The summed E-state index contributed by atoms with van der Waals surface area (Å²) < 4.78 is 6.00. The Hall–Kier alpha value is -1.60. The Balaban J connectivity index is 1.84. The van der Waals surface area contributed by atoms with Gasteiger partial charge in [-0.25, -0.2) is 4.79 Å². The van der Waals surface area contributed by atoms with E-state index < -0.39 is 5.54 Å². The summed E-state index contributed by atoms with van der Waals surface area (Å²) in [5.41, 5.74) is 6.44. The van der Waals surface area contributed by atoms with Crippen LogP contribution in [-0.4, -0.2) is 35.6 Å². The summed E-state index contributed by atoms with van der Waals surface area (Å²) in [6.45, 7) is 1.18. The van der Waals surface area contributed by atoms with Crippen LogP contribution in [0.15, 0.2) is 22.7 Å². The Morgan fingerprint density at radius 2 is 2.05 bits per heavy atom. The second-order valence-electron chi connectivity index (χ2n) is 5.34. The molecule has 0 saturated carbocycles. The van der Waals surface area contributed by atoms with Gasteiger partial charge in [-0.1, -0.05) is 12.1 Å². The number of nitrogens with one attached hydrogen (secondary N) is 1. The first-order valence-corrected chi connectivity index (χ1v) is 7.57. The molecule has 0 atom stereocenters. The number of benzene rings is 1. The van der Waals surface area contributed by atoms with E-state index in [1.54, 1.807) is 12.1 Å². The zero-order valence-corrected chi connectivity index (χ0v) is 13.0. The van der Waals surface area contributed by atoms with Crippen molar-refractivity contribution < 1.29 is 14.3 Å². The third kappa shape index (κ3) is 2.40. The minimum Gasteiger partial charge on any atom is -0.398 e. The van der Waals surface area contributed by atoms with Crippen LogP contribution in [0.4, 0.5) is 10.5 Å². The standard InChI is InChI=1S/C14H16BrN3O3/c15-11-9(2-1-3-10(11)16)8-18-12(19)14(17-13(18)20)4-6-21-7-5-14/h1-3H,4-8,16H2,(H,17,20). The van der Waals surface area contributed by atoms with Crippen LogP contribution in [0, 0.1) is 0 Å². The summed E-state index contributed by atoms with van der Waals surface area (Å²) in [5.74, 6) is -0.176. The van der Waals surface area contributed by atoms with Crippen molar-refractivity contribution >= 4 is 33.6 Å². The van der Waals surface area contributed by atoms with Gasteiger partial charge in [0.25, 0.3) is 5.91 Å². The first-order valence-electron chi connectivity index (χ1n) is 6.78. The van der Waals surface area contributed by atoms with Crippen molar-refractivity contribution in [3.8, 4) is 0 Å². The molecule has 1 aromatic rings. The van der Waals surface area contributed by atoms with Crippen LogP contribution in [-0.2, 0) is 16.1 Å². The molecular weight excluding hydrogens is 338 g/mol. The van der Waals surface area contributed by atoms with Crippen molar-refractivity contribution in [3.05, 3.63) is 28.2 Å². The second kappa shape index (κ2) is 5.31. The highest BCUT2D eigenvalue weighted by Gasteiger charge is 2.51. The molecule has 3 N–H and O–H groups in total. The van der Waals surface area contributed by atoms with E-state index in [2.05, 4.69) is 21.2 Å². The number of carbonyl (C=O) groups excluding carboxylic acids is 2. The Morgan fingerprint density at radius 3 is 2.76 bits per heavy atom. The molecule has 0 radical (unpaired) electrons. The number of imide groups is 1. The van der Waals surface area contributed by atoms with E-state index in [0.717, 1.165) is 10.0 Å². The summed E-state index contributed by atoms with van der Waals surface area (Å²) in [7, 11) is 0. The van der Waals surface area contributed by atoms with Gasteiger partial charge >= 0.3 is 6.03 Å². The monoisotopic (exact) mass is 353 g/mol. The molecule has 6 nitrogen and oxygen atoms in total. The van der Waals surface area contributed by atoms with Crippen LogP contribution in [0.3, 0.4) is 0 Å². The highest BCUT2D eigenvalue weighted by Crippen LogP contribution is 2.31. The van der Waals surface area contributed by atoms with Gasteiger partial charge in [0.1, 0.15) is 5.54 Å². The third-order valence-electron chi connectivity index (χ3n) is 4.03. The molecule has 2 saturated heterocycles. The lowest BCUT2D eigenvalue weighted by Crippen LogP contribution is -2.51. The summed E-state index contributed by atoms with van der Waals surface area (Å²) in [5, 5.41) is 2.83. The van der Waals surface area contributed by atoms with E-state index in [9.17, 15) is 9.59 Å². The smallest absolute Gasteiger partial charge is 0.325 e. The van der Waals surface area contributed by atoms with Crippen molar-refractivity contribution in [1.82, 2.24) is 10.2 Å². The predicted octanol–water partition coefficient (Wildman–Crippen LogP) is 1.63. The van der Waals surface area contributed by atoms with Crippen molar-refractivity contribution in [3.63, 3.8) is 0 Å². The minimum atomic E-state index is -0.790. The maximum atomic E-state index is 12.6. The molecule has 2 aliphatic rings. The van der Waals surface area contributed by atoms with E-state index in [-0.39, 0.29) is 18.5 Å². The summed E-state index contributed by atoms with van der Waals surface area (Å²) in [6, 6.07) is 5.06. The Kier molecular flexibility index (Phi) is 3.62. The molecule has 0 aliphatic carbocycles. The molecule has 2 heterocycles. The number of hydrogen-bond acceptors (Lipinski definition) is 4. The molecule has 2 aliphatic heterocycles. The fourth-order valence-corrected chi connectivity index (χ4v) is 3.16. The SMILES string of the molecule is Nc1cccc(CN2C(=O)NC3(CCOCC3)C2=O)c1Br. The molecular formula is C14H16BrN3O3. The molecule has 1 aromatic carbocycles. The maximum absolute atomic E-state index is 12.6. The molecule has 0 unspecified atom stereocenters. The number of amides is 3. The van der Waals surface area contributed by atoms with Gasteiger partial charge in [0.2, 0.25) is 0 Å². The van der Waals surface area contributed by atoms with Crippen molar-refractivity contribution in [2.45, 2.75) is 24.9 Å². The first kappa shape index (κ1) is 14.3. The first-order chi connectivity index (χ1) is 10.0. The highest BCUT2D eigenvalue weighted by molar-refractivity contribution is 9.10. The van der Waals surface area contributed by atoms with Crippen LogP contribution in [0.1, 0.15) is 18.4 Å². The number of anilines is 1. The average Bonchev–Trinajstić information content (AvgIpc) is 2.69. The molecule has 0 aromatic heterocycles. The fourth-order valence-electron chi connectivity index (χ4n) is 2.77. The largest absolute Gasteiger partial charge is 0.398 e. The van der Waals surface area contributed by atoms with Gasteiger partial charge < -0.3 is 15.8 Å². The van der Waals surface area contributed by atoms with Gasteiger partial charge in [0.05, 0.1) is 6.54 Å². The number of nitrogens with two attached hydrogens (primary N) is 1. The minimum absolute atomic E-state index is 0.176. The molecule has 112 valence electrons. The van der Waals surface area contributed by atoms with Crippen LogP contribution in [0.5, 0.6) is 0 Å². The summed E-state index contributed by atoms with van der Waals surface area (Å²) >= 11 is 3.40. The maximum Gasteiger partial charge on any atom is 0.325 e. The number of rotatable bonds is 2. The van der Waals surface area contributed by atoms with E-state index in [4.69, 9.17) is 10.5 Å². The number of nitrogen functional groups attached to an aromatic ring is 1. The zero-order chi connectivity index (χ0) is 15.0. The van der Waals surface area contributed by atoms with Gasteiger partial charge in [-0.05, 0) is 27.6 Å². The van der Waals surface area contributed by atoms with E-state index >= 15 is 0 Å². The van der Waals surface area contributed by atoms with Gasteiger partial charge in [0, 0.05) is 36.2 Å². The van der Waals surface area contributed by atoms with Crippen LogP contribution in [0.2, 0.25) is 0 Å². The second-order valence-corrected chi connectivity index (χ2v) is 6.13. The van der Waals surface area contributed by atoms with Crippen molar-refractivity contribution in [1.29, 1.82) is 0 Å². The van der Waals surface area contributed by atoms with Gasteiger partial charge in [-0.2, -0.15) is 0 Å². The van der Waals surface area contributed by atoms with E-state index in [0.29, 0.717) is 31.7 Å². The summed E-state index contributed by atoms with van der Waals surface area (Å²) in [6.07, 6.45) is 1.04. The van der Waals surface area contributed by atoms with E-state index in [1.165, 1.54) is 4.90 Å². The van der Waals surface area contributed by atoms with Crippen molar-refractivity contribution in [2.75, 3.05) is 18.9 Å². The number of carbonyl (C=O) groups is 2. The fraction of sp³-hybridized carbons (Fsp3) is 0.429. The number of nitrogens with zero attached hydrogens (tertiary/aromatic N) is 1. The van der Waals surface area contributed by atoms with Crippen LogP contribution in [0.25, 0.3) is 0 Å². The van der Waals surface area contributed by atoms with Gasteiger partial charge in [-0.15, -0.1) is 0 Å². The van der Waals surface area contributed by atoms with Gasteiger partial charge in [0.15, 0.2) is 0 Å². The number of ether oxygens (including phenoxy) is 1. The molecule has 1 spiro atoms. The molecule has 2 fully saturated rings. The topological polar surface area (TPSA) is 84.7 Å².